The predicted molar refractivity (Wildman–Crippen MR) is 181 cm³/mol. The maximum atomic E-state index is 14.4. The van der Waals surface area contributed by atoms with Crippen LogP contribution in [0.15, 0.2) is 36.0 Å². The first-order valence-corrected chi connectivity index (χ1v) is 18.3. The van der Waals surface area contributed by atoms with Crippen LogP contribution in [0.3, 0.4) is 0 Å². The molecule has 2 aliphatic heterocycles. The van der Waals surface area contributed by atoms with Crippen molar-refractivity contribution in [1.82, 2.24) is 35.1 Å². The molecule has 3 aromatic heterocycles. The third-order valence-electron chi connectivity index (χ3n) is 10.5. The summed E-state index contributed by atoms with van der Waals surface area (Å²) >= 11 is 1.43. The molecule has 5 heterocycles. The number of nitrogens with zero attached hydrogens (tertiary/aromatic N) is 5. The maximum Gasteiger partial charge on any atom is 0.330 e. The van der Waals surface area contributed by atoms with Gasteiger partial charge in [-0.2, -0.15) is 4.98 Å². The Morgan fingerprint density at radius 3 is 2.73 bits per heavy atom. The SMILES string of the molecule is Cn1ccnc1-c1nc(O[C@@H]2C[C@H]3C(=O)N[C@]4(C(=O)O)C[C@H]4C=CCCCCC[C@H](NC(=O)CC4CCCC4)C(=O)N3C2)c2sccc2n1. The quantitative estimate of drug-likeness (QED) is 0.311. The number of amides is 3. The number of aromatic nitrogens is 4. The highest BCUT2D eigenvalue weighted by Crippen LogP contribution is 2.45. The zero-order valence-corrected chi connectivity index (χ0v) is 28.5. The molecule has 260 valence electrons. The van der Waals surface area contributed by atoms with E-state index in [0.717, 1.165) is 56.1 Å². The van der Waals surface area contributed by atoms with Crippen LogP contribution in [0.2, 0.25) is 0 Å². The van der Waals surface area contributed by atoms with Crippen LogP contribution >= 0.6 is 11.3 Å². The maximum absolute atomic E-state index is 14.4. The van der Waals surface area contributed by atoms with Crippen molar-refractivity contribution < 1.29 is 29.0 Å². The van der Waals surface area contributed by atoms with Crippen molar-refractivity contribution >= 4 is 45.2 Å². The van der Waals surface area contributed by atoms with Crippen LogP contribution in [-0.4, -0.2) is 83.5 Å². The van der Waals surface area contributed by atoms with Crippen molar-refractivity contribution in [1.29, 1.82) is 0 Å². The third-order valence-corrected chi connectivity index (χ3v) is 11.4. The lowest BCUT2D eigenvalue weighted by molar-refractivity contribution is -0.146. The third kappa shape index (κ3) is 6.92. The van der Waals surface area contributed by atoms with E-state index in [1.165, 1.54) is 16.2 Å². The number of carboxylic acids is 1. The average molecular weight is 690 g/mol. The number of carbonyl (C=O) groups is 4. The fourth-order valence-electron chi connectivity index (χ4n) is 7.63. The summed E-state index contributed by atoms with van der Waals surface area (Å²) in [6, 6.07) is 0.0816. The minimum atomic E-state index is -1.41. The van der Waals surface area contributed by atoms with E-state index in [9.17, 15) is 24.3 Å². The molecule has 4 aliphatic rings. The number of hydrogen-bond acceptors (Lipinski definition) is 9. The minimum Gasteiger partial charge on any atom is -0.479 e. The van der Waals surface area contributed by atoms with E-state index in [1.807, 2.05) is 35.2 Å². The van der Waals surface area contributed by atoms with Crippen LogP contribution in [-0.2, 0) is 26.2 Å². The first-order valence-electron chi connectivity index (χ1n) is 17.4. The number of fused-ring (bicyclic) bond motifs is 3. The molecule has 1 saturated heterocycles. The molecular formula is C35H43N7O6S. The molecule has 2 aliphatic carbocycles. The molecule has 0 radical (unpaired) electrons. The van der Waals surface area contributed by atoms with E-state index < -0.39 is 35.6 Å². The number of hydrogen-bond donors (Lipinski definition) is 3. The number of thiophene rings is 1. The van der Waals surface area contributed by atoms with E-state index in [2.05, 4.69) is 20.6 Å². The number of carbonyl (C=O) groups excluding carboxylic acids is 3. The second-order valence-corrected chi connectivity index (χ2v) is 14.9. The Morgan fingerprint density at radius 1 is 1.14 bits per heavy atom. The lowest BCUT2D eigenvalue weighted by Gasteiger charge is -2.29. The molecule has 13 nitrogen and oxygen atoms in total. The number of allylic oxidation sites excluding steroid dienone is 1. The van der Waals surface area contributed by atoms with E-state index in [0.29, 0.717) is 41.8 Å². The first-order chi connectivity index (χ1) is 23.7. The number of aryl methyl sites for hydroxylation is 1. The van der Waals surface area contributed by atoms with Crippen molar-refractivity contribution in [2.24, 2.45) is 18.9 Å². The number of ether oxygens (including phenoxy) is 1. The van der Waals surface area contributed by atoms with Crippen LogP contribution < -0.4 is 15.4 Å². The standard InChI is InChI=1S/C35H43N7O6S/c1-41-15-14-36-30(41)29-38-24-13-16-49-28(24)32(39-29)48-23-18-26-31(44)40-35(34(46)47)19-22(35)11-5-3-2-4-6-12-25(33(45)42(26)20-23)37-27(43)17-21-9-7-8-10-21/h5,11,13-16,21-23,25-26H,2-4,6-10,12,17-20H2,1H3,(H,37,43)(H,40,44)(H,46,47)/t22-,23-,25+,26+,35-/m1/s1. The van der Waals surface area contributed by atoms with Gasteiger partial charge in [-0.3, -0.25) is 14.4 Å². The number of rotatable bonds is 7. The van der Waals surface area contributed by atoms with Gasteiger partial charge in [0.15, 0.2) is 11.6 Å². The highest BCUT2D eigenvalue weighted by Gasteiger charge is 2.61. The molecule has 0 spiro atoms. The van der Waals surface area contributed by atoms with Crippen molar-refractivity contribution in [3.8, 4) is 17.5 Å². The Hall–Kier alpha value is -4.33. The lowest BCUT2D eigenvalue weighted by Crippen LogP contribution is -2.56. The van der Waals surface area contributed by atoms with Crippen molar-refractivity contribution in [2.45, 2.75) is 101 Å². The Balaban J connectivity index is 1.18. The number of nitrogens with one attached hydrogen (secondary N) is 2. The van der Waals surface area contributed by atoms with Gasteiger partial charge >= 0.3 is 5.97 Å². The Labute approximate surface area is 288 Å². The Morgan fingerprint density at radius 2 is 1.96 bits per heavy atom. The summed E-state index contributed by atoms with van der Waals surface area (Å²) in [4.78, 5) is 69.4. The molecule has 2 saturated carbocycles. The summed E-state index contributed by atoms with van der Waals surface area (Å²) in [5.41, 5.74) is -0.723. The first kappa shape index (κ1) is 33.2. The predicted octanol–water partition coefficient (Wildman–Crippen LogP) is 3.99. The summed E-state index contributed by atoms with van der Waals surface area (Å²) < 4.78 is 9.05. The molecule has 0 aromatic carbocycles. The van der Waals surface area contributed by atoms with Gasteiger partial charge in [0.25, 0.3) is 0 Å². The van der Waals surface area contributed by atoms with Gasteiger partial charge in [-0.1, -0.05) is 37.8 Å². The fourth-order valence-corrected chi connectivity index (χ4v) is 8.39. The van der Waals surface area contributed by atoms with Gasteiger partial charge < -0.3 is 29.9 Å². The van der Waals surface area contributed by atoms with Gasteiger partial charge in [-0.15, -0.1) is 11.3 Å². The monoisotopic (exact) mass is 689 g/mol. The molecule has 3 N–H and O–H groups in total. The lowest BCUT2D eigenvalue weighted by atomic mass is 10.0. The molecule has 14 heteroatoms. The smallest absolute Gasteiger partial charge is 0.330 e. The highest BCUT2D eigenvalue weighted by atomic mass is 32.1. The fraction of sp³-hybridized carbons (Fsp3) is 0.571. The molecule has 0 bridgehead atoms. The van der Waals surface area contributed by atoms with Gasteiger partial charge in [0.05, 0.1) is 12.1 Å². The van der Waals surface area contributed by atoms with Crippen molar-refractivity contribution in [2.75, 3.05) is 6.54 Å². The second kappa shape index (κ2) is 13.9. The number of aliphatic carboxylic acids is 1. The Kier molecular flexibility index (Phi) is 9.40. The van der Waals surface area contributed by atoms with E-state index in [1.54, 1.807) is 12.4 Å². The van der Waals surface area contributed by atoms with Gasteiger partial charge in [-0.05, 0) is 55.9 Å². The number of imidazole rings is 1. The Bertz CT molecular complexity index is 1770. The van der Waals surface area contributed by atoms with Gasteiger partial charge in [-0.25, -0.2) is 14.8 Å². The summed E-state index contributed by atoms with van der Waals surface area (Å²) in [7, 11) is 1.85. The summed E-state index contributed by atoms with van der Waals surface area (Å²) in [6.07, 6.45) is 15.5. The summed E-state index contributed by atoms with van der Waals surface area (Å²) in [5.74, 6) is -0.855. The van der Waals surface area contributed by atoms with Crippen LogP contribution in [0, 0.1) is 11.8 Å². The molecule has 3 amide bonds. The van der Waals surface area contributed by atoms with Crippen LogP contribution in [0.1, 0.15) is 77.0 Å². The minimum absolute atomic E-state index is 0.0733. The zero-order valence-electron chi connectivity index (χ0n) is 27.7. The van der Waals surface area contributed by atoms with Crippen LogP contribution in [0.25, 0.3) is 21.9 Å². The molecule has 49 heavy (non-hydrogen) atoms. The number of carboxylic acid groups (broad SMARTS) is 1. The highest BCUT2D eigenvalue weighted by molar-refractivity contribution is 7.17. The van der Waals surface area contributed by atoms with Gasteiger partial charge in [0.2, 0.25) is 23.6 Å². The molecule has 5 atom stereocenters. The van der Waals surface area contributed by atoms with Crippen molar-refractivity contribution in [3.05, 3.63) is 36.0 Å². The van der Waals surface area contributed by atoms with Gasteiger partial charge in [0, 0.05) is 38.2 Å². The van der Waals surface area contributed by atoms with Crippen LogP contribution in [0.5, 0.6) is 5.88 Å². The summed E-state index contributed by atoms with van der Waals surface area (Å²) in [6.45, 7) is 0.0733. The molecule has 3 fully saturated rings. The summed E-state index contributed by atoms with van der Waals surface area (Å²) in [5, 5.41) is 17.9. The average Bonchev–Trinajstić information content (AvgIpc) is 3.67. The zero-order chi connectivity index (χ0) is 34.1. The normalized spacial score (nSPS) is 28.0. The van der Waals surface area contributed by atoms with Crippen LogP contribution in [0.4, 0.5) is 0 Å². The molecule has 7 rings (SSSR count). The van der Waals surface area contributed by atoms with E-state index in [-0.39, 0.29) is 37.1 Å². The van der Waals surface area contributed by atoms with E-state index >= 15 is 0 Å². The van der Waals surface area contributed by atoms with Gasteiger partial charge in [0.1, 0.15) is 28.4 Å². The molecule has 3 aromatic rings. The molecule has 0 unspecified atom stereocenters. The van der Waals surface area contributed by atoms with Crippen molar-refractivity contribution in [3.63, 3.8) is 0 Å². The topological polar surface area (TPSA) is 169 Å². The van der Waals surface area contributed by atoms with E-state index in [4.69, 9.17) is 9.72 Å². The largest absolute Gasteiger partial charge is 0.479 e. The second-order valence-electron chi connectivity index (χ2n) is 13.9. The molecular weight excluding hydrogens is 646 g/mol.